The van der Waals surface area contributed by atoms with E-state index in [9.17, 15) is 14.4 Å². The minimum absolute atomic E-state index is 0.0435. The highest BCUT2D eigenvalue weighted by atomic mass is 32.2. The van der Waals surface area contributed by atoms with E-state index in [4.69, 9.17) is 5.11 Å². The number of hydrogen-bond donors (Lipinski definition) is 2. The minimum Gasteiger partial charge on any atom is -0.480 e. The standard InChI is InChI=1S/C12H20N2O4S/c1-3-14(9-4-5-9)11(16)7-19-6-10(12(17)18)13-8(2)15/h9-10H,3-7H2,1-2H3,(H,13,15)(H,17,18)/t10-/m0/s1. The van der Waals surface area contributed by atoms with Gasteiger partial charge in [-0.05, 0) is 19.8 Å². The van der Waals surface area contributed by atoms with Crippen molar-refractivity contribution >= 4 is 29.5 Å². The number of amides is 2. The molecule has 1 atom stereocenters. The molecule has 1 aliphatic carbocycles. The van der Waals surface area contributed by atoms with Gasteiger partial charge in [0.15, 0.2) is 0 Å². The van der Waals surface area contributed by atoms with Crippen molar-refractivity contribution in [1.82, 2.24) is 10.2 Å². The fourth-order valence-corrected chi connectivity index (χ4v) is 2.71. The van der Waals surface area contributed by atoms with E-state index in [2.05, 4.69) is 5.32 Å². The summed E-state index contributed by atoms with van der Waals surface area (Å²) in [7, 11) is 0. The average molecular weight is 288 g/mol. The molecule has 1 aliphatic rings. The van der Waals surface area contributed by atoms with Gasteiger partial charge in [-0.25, -0.2) is 4.79 Å². The molecule has 1 saturated carbocycles. The molecule has 1 rings (SSSR count). The number of carboxylic acid groups (broad SMARTS) is 1. The Labute approximate surface area is 116 Å². The minimum atomic E-state index is -1.08. The lowest BCUT2D eigenvalue weighted by atomic mass is 10.3. The molecule has 2 N–H and O–H groups in total. The van der Waals surface area contributed by atoms with E-state index < -0.39 is 12.0 Å². The van der Waals surface area contributed by atoms with Gasteiger partial charge in [0.2, 0.25) is 11.8 Å². The van der Waals surface area contributed by atoms with Crippen LogP contribution in [-0.2, 0) is 14.4 Å². The lowest BCUT2D eigenvalue weighted by Gasteiger charge is -2.20. The zero-order chi connectivity index (χ0) is 14.4. The second-order valence-corrected chi connectivity index (χ2v) is 5.55. The number of nitrogens with one attached hydrogen (secondary N) is 1. The zero-order valence-corrected chi connectivity index (χ0v) is 12.0. The highest BCUT2D eigenvalue weighted by Crippen LogP contribution is 2.27. The van der Waals surface area contributed by atoms with Crippen LogP contribution in [0.15, 0.2) is 0 Å². The number of carboxylic acids is 1. The van der Waals surface area contributed by atoms with Crippen molar-refractivity contribution in [3.05, 3.63) is 0 Å². The van der Waals surface area contributed by atoms with Crippen molar-refractivity contribution in [2.24, 2.45) is 0 Å². The van der Waals surface area contributed by atoms with E-state index in [-0.39, 0.29) is 23.3 Å². The van der Waals surface area contributed by atoms with Gasteiger partial charge in [-0.1, -0.05) is 0 Å². The fourth-order valence-electron chi connectivity index (χ4n) is 1.79. The normalized spacial score (nSPS) is 15.7. The molecule has 0 aromatic carbocycles. The summed E-state index contributed by atoms with van der Waals surface area (Å²) in [6, 6.07) is -0.560. The number of rotatable bonds is 8. The third-order valence-corrected chi connectivity index (χ3v) is 3.85. The quantitative estimate of drug-likeness (QED) is 0.672. The summed E-state index contributed by atoms with van der Waals surface area (Å²) in [5.74, 6) is -0.963. The number of carbonyl (C=O) groups is 3. The lowest BCUT2D eigenvalue weighted by Crippen LogP contribution is -2.42. The maximum absolute atomic E-state index is 11.9. The Balaban J connectivity index is 2.32. The van der Waals surface area contributed by atoms with Crippen LogP contribution in [0.25, 0.3) is 0 Å². The van der Waals surface area contributed by atoms with Gasteiger partial charge in [0.05, 0.1) is 5.75 Å². The molecule has 0 aromatic rings. The molecule has 0 aromatic heterocycles. The summed E-state index contributed by atoms with van der Waals surface area (Å²) in [4.78, 5) is 35.5. The van der Waals surface area contributed by atoms with Crippen molar-refractivity contribution in [1.29, 1.82) is 0 Å². The zero-order valence-electron chi connectivity index (χ0n) is 11.2. The first-order valence-corrected chi connectivity index (χ1v) is 7.48. The Morgan fingerprint density at radius 3 is 2.47 bits per heavy atom. The van der Waals surface area contributed by atoms with E-state index in [1.165, 1.54) is 18.7 Å². The summed E-state index contributed by atoms with van der Waals surface area (Å²) in [5, 5.41) is 11.3. The monoisotopic (exact) mass is 288 g/mol. The largest absolute Gasteiger partial charge is 0.480 e. The molecule has 108 valence electrons. The van der Waals surface area contributed by atoms with E-state index in [1.54, 1.807) is 0 Å². The van der Waals surface area contributed by atoms with E-state index in [0.717, 1.165) is 12.8 Å². The van der Waals surface area contributed by atoms with Gasteiger partial charge >= 0.3 is 5.97 Å². The number of thioether (sulfide) groups is 1. The van der Waals surface area contributed by atoms with E-state index >= 15 is 0 Å². The van der Waals surface area contributed by atoms with Crippen LogP contribution in [0.3, 0.4) is 0 Å². The van der Waals surface area contributed by atoms with Crippen molar-refractivity contribution in [3.63, 3.8) is 0 Å². The first-order chi connectivity index (χ1) is 8.95. The van der Waals surface area contributed by atoms with Crippen LogP contribution in [0.4, 0.5) is 0 Å². The van der Waals surface area contributed by atoms with Gasteiger partial charge in [-0.3, -0.25) is 9.59 Å². The van der Waals surface area contributed by atoms with E-state index in [0.29, 0.717) is 12.6 Å². The van der Waals surface area contributed by atoms with Gasteiger partial charge < -0.3 is 15.3 Å². The Kier molecular flexibility index (Phi) is 6.14. The van der Waals surface area contributed by atoms with Crippen LogP contribution in [0, 0.1) is 0 Å². The predicted molar refractivity (Wildman–Crippen MR) is 73.0 cm³/mol. The second kappa shape index (κ2) is 7.37. The van der Waals surface area contributed by atoms with Crippen molar-refractivity contribution in [2.45, 2.75) is 38.8 Å². The molecule has 0 bridgehead atoms. The summed E-state index contributed by atoms with van der Waals surface area (Å²) in [5.41, 5.74) is 0. The molecule has 0 saturated heterocycles. The molecule has 0 radical (unpaired) electrons. The Morgan fingerprint density at radius 1 is 1.42 bits per heavy atom. The molecule has 0 aliphatic heterocycles. The first kappa shape index (κ1) is 15.8. The number of hydrogen-bond acceptors (Lipinski definition) is 4. The second-order valence-electron chi connectivity index (χ2n) is 4.52. The highest BCUT2D eigenvalue weighted by molar-refractivity contribution is 8.00. The number of carbonyl (C=O) groups excluding carboxylic acids is 2. The molecule has 2 amide bonds. The van der Waals surface area contributed by atoms with Crippen molar-refractivity contribution < 1.29 is 19.5 Å². The molecule has 0 heterocycles. The van der Waals surface area contributed by atoms with Gasteiger partial charge in [0.1, 0.15) is 6.04 Å². The molecule has 0 spiro atoms. The Morgan fingerprint density at radius 2 is 2.05 bits per heavy atom. The maximum atomic E-state index is 11.9. The van der Waals surface area contributed by atoms with Crippen LogP contribution in [0.5, 0.6) is 0 Å². The third-order valence-electron chi connectivity index (χ3n) is 2.83. The van der Waals surface area contributed by atoms with Crippen molar-refractivity contribution in [3.8, 4) is 0 Å². The van der Waals surface area contributed by atoms with E-state index in [1.807, 2.05) is 11.8 Å². The molecular weight excluding hydrogens is 268 g/mol. The smallest absolute Gasteiger partial charge is 0.327 e. The molecule has 0 unspecified atom stereocenters. The van der Waals surface area contributed by atoms with Crippen LogP contribution in [0.1, 0.15) is 26.7 Å². The first-order valence-electron chi connectivity index (χ1n) is 6.32. The Hall–Kier alpha value is -1.24. The topological polar surface area (TPSA) is 86.7 Å². The van der Waals surface area contributed by atoms with Gasteiger partial charge in [0, 0.05) is 25.3 Å². The van der Waals surface area contributed by atoms with Gasteiger partial charge in [0.25, 0.3) is 0 Å². The maximum Gasteiger partial charge on any atom is 0.327 e. The molecule has 1 fully saturated rings. The van der Waals surface area contributed by atoms with Crippen LogP contribution in [-0.4, -0.2) is 57.9 Å². The summed E-state index contributed by atoms with van der Waals surface area (Å²) in [6.45, 7) is 3.91. The average Bonchev–Trinajstić information content (AvgIpc) is 3.12. The van der Waals surface area contributed by atoms with Crippen LogP contribution in [0.2, 0.25) is 0 Å². The third kappa shape index (κ3) is 5.50. The highest BCUT2D eigenvalue weighted by Gasteiger charge is 2.31. The Bertz CT molecular complexity index is 358. The van der Waals surface area contributed by atoms with Gasteiger partial charge in [-0.15, -0.1) is 11.8 Å². The summed E-state index contributed by atoms with van der Waals surface area (Å²) in [6.07, 6.45) is 2.13. The number of aliphatic carboxylic acids is 1. The molecule has 19 heavy (non-hydrogen) atoms. The van der Waals surface area contributed by atoms with Gasteiger partial charge in [-0.2, -0.15) is 0 Å². The fraction of sp³-hybridized carbons (Fsp3) is 0.750. The lowest BCUT2D eigenvalue weighted by molar-refractivity contribution is -0.140. The molecular formula is C12H20N2O4S. The molecule has 7 heteroatoms. The van der Waals surface area contributed by atoms with Crippen LogP contribution < -0.4 is 5.32 Å². The number of nitrogens with zero attached hydrogens (tertiary/aromatic N) is 1. The molecule has 6 nitrogen and oxygen atoms in total. The van der Waals surface area contributed by atoms with Crippen molar-refractivity contribution in [2.75, 3.05) is 18.1 Å². The summed E-state index contributed by atoms with van der Waals surface area (Å²) >= 11 is 1.24. The van der Waals surface area contributed by atoms with Crippen LogP contribution >= 0.6 is 11.8 Å². The summed E-state index contributed by atoms with van der Waals surface area (Å²) < 4.78 is 0. The predicted octanol–water partition coefficient (Wildman–Crippen LogP) is 0.320. The SMILES string of the molecule is CCN(C(=O)CSC[C@H](NC(C)=O)C(=O)O)C1CC1.